The molecular weight excluding hydrogens is 252 g/mol. The van der Waals surface area contributed by atoms with Gasteiger partial charge >= 0.3 is 0 Å². The fraction of sp³-hybridized carbons (Fsp3) is 0.733. The minimum atomic E-state index is 0.127. The third-order valence-electron chi connectivity index (χ3n) is 3.60. The number of ether oxygens (including phenoxy) is 1. The third-order valence-corrected chi connectivity index (χ3v) is 3.60. The van der Waals surface area contributed by atoms with Crippen LogP contribution in [-0.4, -0.2) is 47.2 Å². The molecule has 5 heteroatoms. The van der Waals surface area contributed by atoms with Gasteiger partial charge in [-0.15, -0.1) is 0 Å². The molecule has 0 amide bonds. The van der Waals surface area contributed by atoms with E-state index in [4.69, 9.17) is 4.74 Å². The summed E-state index contributed by atoms with van der Waals surface area (Å²) in [6.07, 6.45) is 3.99. The van der Waals surface area contributed by atoms with Crippen LogP contribution in [0.5, 0.6) is 5.88 Å². The predicted octanol–water partition coefficient (Wildman–Crippen LogP) is 2.47. The lowest BCUT2D eigenvalue weighted by atomic mass is 10.0. The van der Waals surface area contributed by atoms with E-state index in [1.54, 1.807) is 0 Å². The standard InChI is InChI=1S/C15H26N4O/c1-11(2)20-14-9-12(3)17-15(18-14)16-10-13-7-5-6-8-19(13)4/h9,11,13H,5-8,10H2,1-4H3,(H,16,17,18). The molecule has 1 fully saturated rings. The molecule has 2 heterocycles. The highest BCUT2D eigenvalue weighted by atomic mass is 16.5. The molecular formula is C15H26N4O. The van der Waals surface area contributed by atoms with Crippen molar-refractivity contribution in [2.45, 2.75) is 52.2 Å². The van der Waals surface area contributed by atoms with E-state index in [1.165, 1.54) is 25.8 Å². The molecule has 1 aliphatic heterocycles. The van der Waals surface area contributed by atoms with Crippen LogP contribution in [0.25, 0.3) is 0 Å². The van der Waals surface area contributed by atoms with E-state index in [1.807, 2.05) is 26.8 Å². The second-order valence-corrected chi connectivity index (χ2v) is 5.85. The van der Waals surface area contributed by atoms with E-state index >= 15 is 0 Å². The number of likely N-dealkylation sites (tertiary alicyclic amines) is 1. The number of rotatable bonds is 5. The van der Waals surface area contributed by atoms with Crippen LogP contribution in [-0.2, 0) is 0 Å². The van der Waals surface area contributed by atoms with Gasteiger partial charge in [-0.3, -0.25) is 0 Å². The minimum Gasteiger partial charge on any atom is -0.475 e. The molecule has 5 nitrogen and oxygen atoms in total. The Labute approximate surface area is 121 Å². The fourth-order valence-electron chi connectivity index (χ4n) is 2.53. The third kappa shape index (κ3) is 4.34. The van der Waals surface area contributed by atoms with Crippen LogP contribution >= 0.6 is 0 Å². The van der Waals surface area contributed by atoms with Crippen molar-refractivity contribution in [1.29, 1.82) is 0 Å². The Morgan fingerprint density at radius 3 is 2.90 bits per heavy atom. The number of aromatic nitrogens is 2. The molecule has 2 rings (SSSR count). The molecule has 1 aromatic rings. The summed E-state index contributed by atoms with van der Waals surface area (Å²) in [6.45, 7) is 8.04. The summed E-state index contributed by atoms with van der Waals surface area (Å²) >= 11 is 0. The first kappa shape index (κ1) is 15.0. The number of nitrogens with zero attached hydrogens (tertiary/aromatic N) is 3. The van der Waals surface area contributed by atoms with Crippen molar-refractivity contribution in [3.8, 4) is 5.88 Å². The highest BCUT2D eigenvalue weighted by Crippen LogP contribution is 2.17. The van der Waals surface area contributed by atoms with Gasteiger partial charge in [-0.25, -0.2) is 4.98 Å². The summed E-state index contributed by atoms with van der Waals surface area (Å²) in [5.74, 6) is 1.31. The second-order valence-electron chi connectivity index (χ2n) is 5.85. The molecule has 1 saturated heterocycles. The summed E-state index contributed by atoms with van der Waals surface area (Å²) in [7, 11) is 2.19. The Bertz CT molecular complexity index is 436. The monoisotopic (exact) mass is 278 g/mol. The van der Waals surface area contributed by atoms with Crippen molar-refractivity contribution in [1.82, 2.24) is 14.9 Å². The normalized spacial score (nSPS) is 20.1. The lowest BCUT2D eigenvalue weighted by Gasteiger charge is -2.32. The van der Waals surface area contributed by atoms with Gasteiger partial charge in [-0.1, -0.05) is 6.42 Å². The van der Waals surface area contributed by atoms with E-state index in [-0.39, 0.29) is 6.10 Å². The SMILES string of the molecule is Cc1cc(OC(C)C)nc(NCC2CCCCN2C)n1. The molecule has 1 atom stereocenters. The number of hydrogen-bond donors (Lipinski definition) is 1. The van der Waals surface area contributed by atoms with Crippen molar-refractivity contribution >= 4 is 5.95 Å². The molecule has 0 aliphatic carbocycles. The molecule has 0 saturated carbocycles. The zero-order chi connectivity index (χ0) is 14.5. The van der Waals surface area contributed by atoms with Crippen molar-refractivity contribution in [2.24, 2.45) is 0 Å². The Morgan fingerprint density at radius 1 is 1.40 bits per heavy atom. The quantitative estimate of drug-likeness (QED) is 0.896. The average molecular weight is 278 g/mol. The summed E-state index contributed by atoms with van der Waals surface area (Å²) in [4.78, 5) is 11.3. The van der Waals surface area contributed by atoms with Crippen molar-refractivity contribution in [3.05, 3.63) is 11.8 Å². The Balaban J connectivity index is 1.96. The first-order valence-corrected chi connectivity index (χ1v) is 7.51. The molecule has 112 valence electrons. The maximum Gasteiger partial charge on any atom is 0.226 e. The van der Waals surface area contributed by atoms with Gasteiger partial charge in [-0.2, -0.15) is 4.98 Å². The van der Waals surface area contributed by atoms with Gasteiger partial charge < -0.3 is 15.0 Å². The number of hydrogen-bond acceptors (Lipinski definition) is 5. The van der Waals surface area contributed by atoms with Crippen LogP contribution in [0, 0.1) is 6.92 Å². The van der Waals surface area contributed by atoms with Crippen LogP contribution in [0.15, 0.2) is 6.07 Å². The largest absolute Gasteiger partial charge is 0.475 e. The molecule has 0 aromatic carbocycles. The van der Waals surface area contributed by atoms with E-state index < -0.39 is 0 Å². The first-order chi connectivity index (χ1) is 9.54. The molecule has 1 unspecified atom stereocenters. The zero-order valence-electron chi connectivity index (χ0n) is 13.0. The lowest BCUT2D eigenvalue weighted by Crippen LogP contribution is -2.41. The fourth-order valence-corrected chi connectivity index (χ4v) is 2.53. The van der Waals surface area contributed by atoms with Gasteiger partial charge in [0, 0.05) is 24.3 Å². The minimum absolute atomic E-state index is 0.127. The van der Waals surface area contributed by atoms with Crippen LogP contribution < -0.4 is 10.1 Å². The summed E-state index contributed by atoms with van der Waals surface area (Å²) in [6, 6.07) is 2.44. The van der Waals surface area contributed by atoms with Crippen LogP contribution in [0.2, 0.25) is 0 Å². The van der Waals surface area contributed by atoms with Crippen LogP contribution in [0.3, 0.4) is 0 Å². The van der Waals surface area contributed by atoms with Gasteiger partial charge in [0.1, 0.15) is 0 Å². The first-order valence-electron chi connectivity index (χ1n) is 7.51. The van der Waals surface area contributed by atoms with E-state index in [0.29, 0.717) is 17.9 Å². The average Bonchev–Trinajstić information content (AvgIpc) is 2.36. The molecule has 1 aromatic heterocycles. The number of anilines is 1. The van der Waals surface area contributed by atoms with Crippen molar-refractivity contribution in [3.63, 3.8) is 0 Å². The van der Waals surface area contributed by atoms with Gasteiger partial charge in [-0.05, 0) is 47.2 Å². The summed E-state index contributed by atoms with van der Waals surface area (Å²) < 4.78 is 5.65. The van der Waals surface area contributed by atoms with Crippen molar-refractivity contribution in [2.75, 3.05) is 25.5 Å². The molecule has 0 bridgehead atoms. The van der Waals surface area contributed by atoms with Crippen LogP contribution in [0.4, 0.5) is 5.95 Å². The number of aryl methyl sites for hydroxylation is 1. The second kappa shape index (κ2) is 6.88. The van der Waals surface area contributed by atoms with E-state index in [0.717, 1.165) is 12.2 Å². The van der Waals surface area contributed by atoms with E-state index in [9.17, 15) is 0 Å². The van der Waals surface area contributed by atoms with Gasteiger partial charge in [0.05, 0.1) is 6.10 Å². The van der Waals surface area contributed by atoms with Crippen molar-refractivity contribution < 1.29 is 4.74 Å². The Hall–Kier alpha value is -1.36. The molecule has 0 radical (unpaired) electrons. The molecule has 20 heavy (non-hydrogen) atoms. The number of piperidine rings is 1. The highest BCUT2D eigenvalue weighted by Gasteiger charge is 2.18. The maximum absolute atomic E-state index is 5.65. The Kier molecular flexibility index (Phi) is 5.17. The predicted molar refractivity (Wildman–Crippen MR) is 81.3 cm³/mol. The van der Waals surface area contributed by atoms with Gasteiger partial charge in [0.25, 0.3) is 0 Å². The Morgan fingerprint density at radius 2 is 2.20 bits per heavy atom. The number of likely N-dealkylation sites (N-methyl/N-ethyl adjacent to an activating group) is 1. The lowest BCUT2D eigenvalue weighted by molar-refractivity contribution is 0.194. The zero-order valence-corrected chi connectivity index (χ0v) is 13.0. The summed E-state index contributed by atoms with van der Waals surface area (Å²) in [5, 5.41) is 3.36. The van der Waals surface area contributed by atoms with Gasteiger partial charge in [0.2, 0.25) is 11.8 Å². The van der Waals surface area contributed by atoms with Crippen LogP contribution in [0.1, 0.15) is 38.8 Å². The van der Waals surface area contributed by atoms with E-state index in [2.05, 4.69) is 27.2 Å². The molecule has 0 spiro atoms. The number of nitrogens with one attached hydrogen (secondary N) is 1. The highest BCUT2D eigenvalue weighted by molar-refractivity contribution is 5.30. The molecule has 1 N–H and O–H groups in total. The summed E-state index contributed by atoms with van der Waals surface area (Å²) in [5.41, 5.74) is 0.926. The maximum atomic E-state index is 5.65. The topological polar surface area (TPSA) is 50.3 Å². The molecule has 1 aliphatic rings. The van der Waals surface area contributed by atoms with Gasteiger partial charge in [0.15, 0.2) is 0 Å². The smallest absolute Gasteiger partial charge is 0.226 e.